The predicted octanol–water partition coefficient (Wildman–Crippen LogP) is 5.78. The van der Waals surface area contributed by atoms with Crippen molar-refractivity contribution in [3.8, 4) is 0 Å². The molecule has 1 aliphatic rings. The van der Waals surface area contributed by atoms with Gasteiger partial charge in [0, 0.05) is 44.0 Å². The first-order chi connectivity index (χ1) is 24.8. The lowest BCUT2D eigenvalue weighted by Crippen LogP contribution is -2.58. The molecule has 0 aliphatic carbocycles. The molecule has 0 radical (unpaired) electrons. The van der Waals surface area contributed by atoms with Crippen molar-refractivity contribution in [2.75, 3.05) is 26.7 Å². The Kier molecular flexibility index (Phi) is 17.7. The molecule has 52 heavy (non-hydrogen) atoms. The van der Waals surface area contributed by atoms with Crippen LogP contribution in [0.3, 0.4) is 0 Å². The molecular weight excluding hydrogens is 679 g/mol. The van der Waals surface area contributed by atoms with Crippen LogP contribution in [0.15, 0.2) is 35.7 Å². The van der Waals surface area contributed by atoms with E-state index in [9.17, 15) is 24.3 Å². The zero-order chi connectivity index (χ0) is 38.4. The first-order valence-electron chi connectivity index (χ1n) is 19.2. The number of thiazole rings is 1. The maximum Gasteiger partial charge on any atom is 0.303 e. The quantitative estimate of drug-likeness (QED) is 0.145. The maximum atomic E-state index is 14.6. The van der Waals surface area contributed by atoms with E-state index in [2.05, 4.69) is 20.5 Å². The summed E-state index contributed by atoms with van der Waals surface area (Å²) in [6.07, 6.45) is 4.94. The van der Waals surface area contributed by atoms with Crippen molar-refractivity contribution in [1.82, 2.24) is 25.4 Å². The monoisotopic (exact) mass is 741 g/mol. The smallest absolute Gasteiger partial charge is 0.303 e. The molecule has 1 aromatic heterocycles. The van der Waals surface area contributed by atoms with Crippen molar-refractivity contribution in [3.05, 3.63) is 52.0 Å². The van der Waals surface area contributed by atoms with Gasteiger partial charge in [-0.1, -0.05) is 84.7 Å². The maximum absolute atomic E-state index is 14.6. The molecule has 3 amide bonds. The van der Waals surface area contributed by atoms with Gasteiger partial charge in [-0.25, -0.2) is 4.98 Å². The van der Waals surface area contributed by atoms with Gasteiger partial charge >= 0.3 is 5.97 Å². The largest absolute Gasteiger partial charge is 0.455 e. The summed E-state index contributed by atoms with van der Waals surface area (Å²) < 4.78 is 5.87. The second-order valence-corrected chi connectivity index (χ2v) is 15.9. The Labute approximate surface area is 315 Å². The van der Waals surface area contributed by atoms with E-state index >= 15 is 0 Å². The molecule has 3 N–H and O–H groups in total. The van der Waals surface area contributed by atoms with Crippen molar-refractivity contribution in [2.45, 2.75) is 130 Å². The minimum atomic E-state index is -0.786. The molecule has 7 unspecified atom stereocenters. The van der Waals surface area contributed by atoms with Crippen LogP contribution in [-0.2, 0) is 25.5 Å². The summed E-state index contributed by atoms with van der Waals surface area (Å²) in [5.74, 6) is -1.17. The fourth-order valence-corrected chi connectivity index (χ4v) is 7.87. The summed E-state index contributed by atoms with van der Waals surface area (Å²) in [5, 5.41) is 18.1. The molecule has 1 fully saturated rings. The number of benzene rings is 1. The summed E-state index contributed by atoms with van der Waals surface area (Å²) in [4.78, 5) is 62.7. The van der Waals surface area contributed by atoms with Gasteiger partial charge < -0.3 is 25.4 Å². The highest BCUT2D eigenvalue weighted by atomic mass is 32.1. The molecule has 2 aromatic rings. The fourth-order valence-electron chi connectivity index (χ4n) is 7.03. The van der Waals surface area contributed by atoms with Crippen LogP contribution >= 0.6 is 11.3 Å². The molecule has 3 rings (SSSR count). The van der Waals surface area contributed by atoms with Gasteiger partial charge in [-0.2, -0.15) is 0 Å². The van der Waals surface area contributed by atoms with E-state index in [-0.39, 0.29) is 72.3 Å². The van der Waals surface area contributed by atoms with Crippen LogP contribution < -0.4 is 10.6 Å². The number of hydrogen-bond acceptors (Lipinski definition) is 9. The molecule has 290 valence electrons. The highest BCUT2D eigenvalue weighted by Crippen LogP contribution is 2.32. The van der Waals surface area contributed by atoms with E-state index in [0.29, 0.717) is 37.2 Å². The molecule has 1 aliphatic heterocycles. The number of hydrogen-bond donors (Lipinski definition) is 3. The second-order valence-electron chi connectivity index (χ2n) is 15.0. The minimum Gasteiger partial charge on any atom is -0.455 e. The summed E-state index contributed by atoms with van der Waals surface area (Å²) in [7, 11) is 1.96. The Bertz CT molecular complexity index is 1420. The first-order valence-corrected chi connectivity index (χ1v) is 20.1. The molecule has 0 saturated carbocycles. The van der Waals surface area contributed by atoms with Crippen LogP contribution in [-0.4, -0.2) is 94.5 Å². The van der Waals surface area contributed by atoms with E-state index in [0.717, 1.165) is 31.4 Å². The third-order valence-electron chi connectivity index (χ3n) is 10.2. The first kappa shape index (κ1) is 43.1. The predicted molar refractivity (Wildman–Crippen MR) is 206 cm³/mol. The van der Waals surface area contributed by atoms with Crippen LogP contribution in [0.5, 0.6) is 0 Å². The summed E-state index contributed by atoms with van der Waals surface area (Å²) >= 11 is 1.25. The highest BCUT2D eigenvalue weighted by molar-refractivity contribution is 7.09. The number of likely N-dealkylation sites (N-methyl/N-ethyl adjacent to an activating group) is 1. The Morgan fingerprint density at radius 2 is 1.77 bits per heavy atom. The fraction of sp³-hybridized carbons (Fsp3) is 0.675. The number of nitrogens with one attached hydrogen (secondary N) is 2. The van der Waals surface area contributed by atoms with Gasteiger partial charge in [0.05, 0.1) is 6.04 Å². The number of esters is 1. The standard InChI is InChI=1S/C40H63N5O6S/c1-9-19-45(40(50)36(28(6)10-2)43-38(49)33-18-14-15-20-44(33)8)34(26(3)4)23-35(51-29(7)47)39-42-32(25-52-39)37(48)41-31(21-27(5)24-46)22-30-16-12-11-13-17-30/h11-13,16-17,25-28,31,33-36,46H,9-10,14-15,18-24H2,1-8H3,(H,41,48)(H,43,49). The van der Waals surface area contributed by atoms with Crippen molar-refractivity contribution < 1.29 is 29.0 Å². The molecule has 7 atom stereocenters. The van der Waals surface area contributed by atoms with Gasteiger partial charge in [0.1, 0.15) is 16.7 Å². The number of nitrogens with zero attached hydrogens (tertiary/aromatic N) is 3. The van der Waals surface area contributed by atoms with Gasteiger partial charge in [0.2, 0.25) is 11.8 Å². The van der Waals surface area contributed by atoms with Crippen molar-refractivity contribution in [2.24, 2.45) is 17.8 Å². The second kappa shape index (κ2) is 21.4. The average Bonchev–Trinajstić information content (AvgIpc) is 3.62. The molecule has 1 saturated heterocycles. The number of rotatable bonds is 20. The summed E-state index contributed by atoms with van der Waals surface area (Å²) in [5.41, 5.74) is 1.30. The van der Waals surface area contributed by atoms with Gasteiger partial charge in [-0.05, 0) is 69.0 Å². The molecule has 2 heterocycles. The lowest BCUT2D eigenvalue weighted by molar-refractivity contribution is -0.149. The molecular formula is C40H63N5O6S. The van der Waals surface area contributed by atoms with Crippen LogP contribution in [0.2, 0.25) is 0 Å². The summed E-state index contributed by atoms with van der Waals surface area (Å²) in [6.45, 7) is 14.8. The Morgan fingerprint density at radius 3 is 2.37 bits per heavy atom. The molecule has 0 bridgehead atoms. The Hall–Kier alpha value is -3.35. The number of carbonyl (C=O) groups excluding carboxylic acids is 4. The van der Waals surface area contributed by atoms with Crippen LogP contribution in [0.25, 0.3) is 0 Å². The molecule has 11 nitrogen and oxygen atoms in total. The van der Waals surface area contributed by atoms with Gasteiger partial charge in [-0.3, -0.25) is 24.1 Å². The highest BCUT2D eigenvalue weighted by Gasteiger charge is 2.38. The zero-order valence-electron chi connectivity index (χ0n) is 32.6. The number of likely N-dealkylation sites (tertiary alicyclic amines) is 1. The van der Waals surface area contributed by atoms with Crippen molar-refractivity contribution in [3.63, 3.8) is 0 Å². The number of aliphatic hydroxyl groups is 1. The number of amides is 3. The number of ether oxygens (including phenoxy) is 1. The number of aromatic nitrogens is 1. The topological polar surface area (TPSA) is 141 Å². The van der Waals surface area contributed by atoms with E-state index in [4.69, 9.17) is 4.74 Å². The average molecular weight is 742 g/mol. The lowest BCUT2D eigenvalue weighted by atomic mass is 9.92. The van der Waals surface area contributed by atoms with E-state index < -0.39 is 18.1 Å². The summed E-state index contributed by atoms with van der Waals surface area (Å²) in [6, 6.07) is 8.38. The lowest BCUT2D eigenvalue weighted by Gasteiger charge is -2.40. The minimum absolute atomic E-state index is 0.00284. The number of aliphatic hydroxyl groups excluding tert-OH is 1. The van der Waals surface area contributed by atoms with Crippen LogP contribution in [0.1, 0.15) is 121 Å². The third kappa shape index (κ3) is 12.7. The third-order valence-corrected chi connectivity index (χ3v) is 11.2. The van der Waals surface area contributed by atoms with Gasteiger partial charge in [-0.15, -0.1) is 11.3 Å². The Morgan fingerprint density at radius 1 is 1.06 bits per heavy atom. The van der Waals surface area contributed by atoms with Gasteiger partial charge in [0.25, 0.3) is 5.91 Å². The molecule has 12 heteroatoms. The van der Waals surface area contributed by atoms with Crippen LogP contribution in [0, 0.1) is 17.8 Å². The van der Waals surface area contributed by atoms with E-state index in [1.54, 1.807) is 5.38 Å². The van der Waals surface area contributed by atoms with Crippen LogP contribution in [0.4, 0.5) is 0 Å². The van der Waals surface area contributed by atoms with Crippen molar-refractivity contribution >= 4 is 35.0 Å². The SMILES string of the molecule is CCCN(C(=O)C(NC(=O)C1CCCCN1C)C(C)CC)C(CC(OC(C)=O)c1nc(C(=O)NC(Cc2ccccc2)CC(C)CO)cs1)C(C)C. The number of piperidine rings is 1. The van der Waals surface area contributed by atoms with Gasteiger partial charge in [0.15, 0.2) is 6.10 Å². The van der Waals surface area contributed by atoms with Crippen molar-refractivity contribution in [1.29, 1.82) is 0 Å². The molecule has 0 spiro atoms. The number of carbonyl (C=O) groups is 4. The Balaban J connectivity index is 1.86. The molecule has 1 aromatic carbocycles. The van der Waals surface area contributed by atoms with E-state index in [1.165, 1.54) is 18.3 Å². The normalized spacial score (nSPS) is 18.5. The van der Waals surface area contributed by atoms with E-state index in [1.807, 2.05) is 83.8 Å². The zero-order valence-corrected chi connectivity index (χ0v) is 33.4.